The summed E-state index contributed by atoms with van der Waals surface area (Å²) in [7, 11) is 2.57. The lowest BCUT2D eigenvalue weighted by Crippen LogP contribution is -2.41. The van der Waals surface area contributed by atoms with Gasteiger partial charge in [0.05, 0.1) is 27.3 Å². The Kier molecular flexibility index (Phi) is 7.08. The number of halogens is 3. The monoisotopic (exact) mass is 312 g/mol. The second-order valence-electron chi connectivity index (χ2n) is 3.51. The number of ether oxygens (including phenoxy) is 2. The fourth-order valence-corrected chi connectivity index (χ4v) is 1.23. The number of rotatable bonds is 6. The molecule has 1 rings (SSSR count). The minimum absolute atomic E-state index is 0. The minimum Gasteiger partial charge on any atom is -0.480 e. The first-order valence-electron chi connectivity index (χ1n) is 5.24. The van der Waals surface area contributed by atoms with Crippen LogP contribution in [0.25, 0.3) is 0 Å². The number of amides is 1. The van der Waals surface area contributed by atoms with E-state index < -0.39 is 24.9 Å². The zero-order valence-corrected chi connectivity index (χ0v) is 11.7. The smallest absolute Gasteiger partial charge is 0.277 e. The quantitative estimate of drug-likeness (QED) is 0.780. The Hall–Kier alpha value is -1.74. The average Bonchev–Trinajstić information content (AvgIpc) is 2.43. The van der Waals surface area contributed by atoms with Crippen molar-refractivity contribution in [1.82, 2.24) is 15.3 Å². The highest BCUT2D eigenvalue weighted by atomic mass is 35.5. The fraction of sp³-hybridized carbons (Fsp3) is 0.500. The third-order valence-electron chi connectivity index (χ3n) is 2.20. The van der Waals surface area contributed by atoms with Crippen LogP contribution >= 0.6 is 12.4 Å². The van der Waals surface area contributed by atoms with E-state index in [9.17, 15) is 13.6 Å². The molecule has 0 spiro atoms. The molecule has 0 aliphatic carbocycles. The zero-order chi connectivity index (χ0) is 14.5. The number of nitrogens with two attached hydrogens (primary N) is 1. The molecular weight excluding hydrogens is 298 g/mol. The molecule has 1 aromatic heterocycles. The molecule has 7 nitrogen and oxygen atoms in total. The molecule has 0 aliphatic heterocycles. The third-order valence-corrected chi connectivity index (χ3v) is 2.20. The van der Waals surface area contributed by atoms with E-state index in [1.54, 1.807) is 0 Å². The Morgan fingerprint density at radius 3 is 2.25 bits per heavy atom. The first-order chi connectivity index (χ1) is 8.95. The van der Waals surface area contributed by atoms with Gasteiger partial charge in [-0.05, 0) is 0 Å². The maximum absolute atomic E-state index is 13.0. The van der Waals surface area contributed by atoms with E-state index in [2.05, 4.69) is 9.97 Å². The predicted molar refractivity (Wildman–Crippen MR) is 68.7 cm³/mol. The van der Waals surface area contributed by atoms with Crippen LogP contribution in [0.4, 0.5) is 8.78 Å². The molecule has 0 radical (unpaired) electrons. The molecule has 0 fully saturated rings. The van der Waals surface area contributed by atoms with Crippen LogP contribution in [0.3, 0.4) is 0 Å². The summed E-state index contributed by atoms with van der Waals surface area (Å²) in [5.41, 5.74) is 4.72. The van der Waals surface area contributed by atoms with Crippen molar-refractivity contribution in [2.45, 2.75) is 5.92 Å². The molecule has 0 saturated heterocycles. The van der Waals surface area contributed by atoms with Crippen molar-refractivity contribution >= 4 is 18.3 Å². The van der Waals surface area contributed by atoms with Crippen molar-refractivity contribution in [2.75, 3.05) is 27.3 Å². The summed E-state index contributed by atoms with van der Waals surface area (Å²) in [6.45, 7) is -1.77. The Labute approximate surface area is 120 Å². The van der Waals surface area contributed by atoms with Gasteiger partial charge in [-0.15, -0.1) is 12.4 Å². The SMILES string of the molecule is COc1ncnc(OC)c1C(=O)NCC(F)(F)CN.Cl. The standard InChI is InChI=1S/C10H14F2N4O3.ClH/c1-18-8-6(9(19-2)16-5-15-8)7(17)14-4-10(11,12)3-13;/h5H,3-4,13H2,1-2H3,(H,14,17);1H. The normalized spacial score (nSPS) is 10.4. The molecule has 0 saturated carbocycles. The van der Waals surface area contributed by atoms with E-state index in [0.29, 0.717) is 0 Å². The summed E-state index contributed by atoms with van der Waals surface area (Å²) in [6, 6.07) is 0. The molecule has 0 unspecified atom stereocenters. The molecule has 3 N–H and O–H groups in total. The third kappa shape index (κ3) is 4.42. The first-order valence-corrected chi connectivity index (χ1v) is 5.24. The maximum atomic E-state index is 13.0. The van der Waals surface area contributed by atoms with Crippen LogP contribution in [0.15, 0.2) is 6.33 Å². The van der Waals surface area contributed by atoms with Gasteiger partial charge in [0.25, 0.3) is 11.8 Å². The number of aromatic nitrogens is 2. The van der Waals surface area contributed by atoms with Crippen LogP contribution in [0.2, 0.25) is 0 Å². The number of methoxy groups -OCH3 is 2. The van der Waals surface area contributed by atoms with Crippen LogP contribution in [0.5, 0.6) is 11.8 Å². The number of carbonyl (C=O) groups is 1. The Morgan fingerprint density at radius 2 is 1.85 bits per heavy atom. The minimum atomic E-state index is -3.19. The lowest BCUT2D eigenvalue weighted by Gasteiger charge is -2.15. The van der Waals surface area contributed by atoms with Crippen LogP contribution in [-0.4, -0.2) is 49.1 Å². The van der Waals surface area contributed by atoms with Crippen molar-refractivity contribution < 1.29 is 23.0 Å². The van der Waals surface area contributed by atoms with Crippen LogP contribution in [0, 0.1) is 0 Å². The molecule has 0 bridgehead atoms. The largest absolute Gasteiger partial charge is 0.480 e. The molecule has 0 aliphatic rings. The van der Waals surface area contributed by atoms with Gasteiger partial charge >= 0.3 is 0 Å². The summed E-state index contributed by atoms with van der Waals surface area (Å²) in [5.74, 6) is -4.16. The molecule has 114 valence electrons. The highest BCUT2D eigenvalue weighted by Crippen LogP contribution is 2.23. The van der Waals surface area contributed by atoms with E-state index in [0.717, 1.165) is 6.33 Å². The van der Waals surface area contributed by atoms with Gasteiger partial charge in [-0.25, -0.2) is 18.7 Å². The van der Waals surface area contributed by atoms with Crippen molar-refractivity contribution in [3.63, 3.8) is 0 Å². The summed E-state index contributed by atoms with van der Waals surface area (Å²) >= 11 is 0. The van der Waals surface area contributed by atoms with E-state index in [1.807, 2.05) is 5.32 Å². The molecular formula is C10H15ClF2N4O3. The van der Waals surface area contributed by atoms with Crippen molar-refractivity contribution in [1.29, 1.82) is 0 Å². The van der Waals surface area contributed by atoms with Gasteiger partial charge in [-0.2, -0.15) is 0 Å². The molecule has 1 heterocycles. The predicted octanol–water partition coefficient (Wildman–Crippen LogP) is 0.239. The Bertz CT molecular complexity index is 440. The second-order valence-corrected chi connectivity index (χ2v) is 3.51. The van der Waals surface area contributed by atoms with E-state index >= 15 is 0 Å². The number of nitrogens with zero attached hydrogens (tertiary/aromatic N) is 2. The van der Waals surface area contributed by atoms with E-state index in [1.165, 1.54) is 14.2 Å². The maximum Gasteiger partial charge on any atom is 0.277 e. The number of hydrogen-bond acceptors (Lipinski definition) is 6. The molecule has 1 amide bonds. The van der Waals surface area contributed by atoms with E-state index in [4.69, 9.17) is 15.2 Å². The summed E-state index contributed by atoms with van der Waals surface area (Å²) < 4.78 is 35.6. The molecule has 0 aromatic carbocycles. The summed E-state index contributed by atoms with van der Waals surface area (Å²) in [5, 5.41) is 2.03. The van der Waals surface area contributed by atoms with Gasteiger partial charge in [-0.3, -0.25) is 4.79 Å². The number of nitrogens with one attached hydrogen (secondary N) is 1. The highest BCUT2D eigenvalue weighted by Gasteiger charge is 2.29. The van der Waals surface area contributed by atoms with Gasteiger partial charge in [0.1, 0.15) is 6.33 Å². The van der Waals surface area contributed by atoms with Crippen LogP contribution in [-0.2, 0) is 0 Å². The summed E-state index contributed by atoms with van der Waals surface area (Å²) in [4.78, 5) is 19.3. The lowest BCUT2D eigenvalue weighted by molar-refractivity contribution is 0.0118. The Morgan fingerprint density at radius 1 is 1.35 bits per heavy atom. The zero-order valence-electron chi connectivity index (χ0n) is 10.9. The Balaban J connectivity index is 0.00000361. The molecule has 10 heteroatoms. The van der Waals surface area contributed by atoms with Crippen LogP contribution in [0.1, 0.15) is 10.4 Å². The van der Waals surface area contributed by atoms with Gasteiger partial charge in [0.15, 0.2) is 5.56 Å². The molecule has 20 heavy (non-hydrogen) atoms. The van der Waals surface area contributed by atoms with Gasteiger partial charge in [-0.1, -0.05) is 0 Å². The van der Waals surface area contributed by atoms with Crippen molar-refractivity contribution in [3.05, 3.63) is 11.9 Å². The lowest BCUT2D eigenvalue weighted by atomic mass is 10.2. The molecule has 0 atom stereocenters. The number of hydrogen-bond donors (Lipinski definition) is 2. The first kappa shape index (κ1) is 18.3. The second kappa shape index (κ2) is 7.75. The number of carbonyl (C=O) groups excluding carboxylic acids is 1. The van der Waals surface area contributed by atoms with Gasteiger partial charge < -0.3 is 20.5 Å². The fourth-order valence-electron chi connectivity index (χ4n) is 1.23. The van der Waals surface area contributed by atoms with Crippen molar-refractivity contribution in [3.8, 4) is 11.8 Å². The summed E-state index contributed by atoms with van der Waals surface area (Å²) in [6.07, 6.45) is 1.13. The van der Waals surface area contributed by atoms with E-state index in [-0.39, 0.29) is 29.7 Å². The topological polar surface area (TPSA) is 99.4 Å². The van der Waals surface area contributed by atoms with Gasteiger partial charge in [0, 0.05) is 0 Å². The average molecular weight is 313 g/mol. The highest BCUT2D eigenvalue weighted by molar-refractivity contribution is 5.98. The van der Waals surface area contributed by atoms with Crippen molar-refractivity contribution in [2.24, 2.45) is 5.73 Å². The van der Waals surface area contributed by atoms with Crippen LogP contribution < -0.4 is 20.5 Å². The molecule has 1 aromatic rings. The number of alkyl halides is 2. The van der Waals surface area contributed by atoms with Gasteiger partial charge in [0.2, 0.25) is 11.8 Å².